The lowest BCUT2D eigenvalue weighted by Gasteiger charge is -2.30. The van der Waals surface area contributed by atoms with Crippen LogP contribution in [-0.4, -0.2) is 35.8 Å². The predicted molar refractivity (Wildman–Crippen MR) is 73.4 cm³/mol. The van der Waals surface area contributed by atoms with Crippen molar-refractivity contribution in [2.24, 2.45) is 0 Å². The Morgan fingerprint density at radius 3 is 2.72 bits per heavy atom. The fourth-order valence-corrected chi connectivity index (χ4v) is 2.88. The molecule has 0 radical (unpaired) electrons. The molecule has 1 aromatic heterocycles. The summed E-state index contributed by atoms with van der Waals surface area (Å²) < 4.78 is 5.62. The van der Waals surface area contributed by atoms with E-state index in [9.17, 15) is 0 Å². The molecule has 1 aliphatic rings. The fraction of sp³-hybridized carbons (Fsp3) is 0.692. The Labute approximate surface area is 113 Å². The maximum absolute atomic E-state index is 6.20. The van der Waals surface area contributed by atoms with Gasteiger partial charge in [0.2, 0.25) is 0 Å². The summed E-state index contributed by atoms with van der Waals surface area (Å²) in [5, 5.41) is 0.549. The zero-order valence-corrected chi connectivity index (χ0v) is 12.1. The Morgan fingerprint density at radius 2 is 2.17 bits per heavy atom. The highest BCUT2D eigenvalue weighted by Gasteiger charge is 2.30. The monoisotopic (exact) mass is 269 g/mol. The summed E-state index contributed by atoms with van der Waals surface area (Å²) in [5.74, 6) is 1.22. The zero-order chi connectivity index (χ0) is 13.3. The molecule has 2 heterocycles. The van der Waals surface area contributed by atoms with E-state index in [0.29, 0.717) is 17.1 Å². The second-order valence-electron chi connectivity index (χ2n) is 5.10. The summed E-state index contributed by atoms with van der Waals surface area (Å²) in [6.45, 7) is 7.13. The average Bonchev–Trinajstić information content (AvgIpc) is 2.73. The summed E-state index contributed by atoms with van der Waals surface area (Å²) >= 11 is 6.20. The smallest absolute Gasteiger partial charge is 0.138 e. The number of aromatic nitrogens is 2. The van der Waals surface area contributed by atoms with Gasteiger partial charge in [0, 0.05) is 19.2 Å². The standard InChI is InChI=1S/C13H20ClN3O/c1-8(2)11-12(14)15-7-16-13(11)17(4)10-5-6-18-9(10)3/h7-10H,5-6H2,1-4H3. The molecule has 100 valence electrons. The van der Waals surface area contributed by atoms with Gasteiger partial charge >= 0.3 is 0 Å². The van der Waals surface area contributed by atoms with Crippen LogP contribution >= 0.6 is 11.6 Å². The van der Waals surface area contributed by atoms with Crippen molar-refractivity contribution in [3.8, 4) is 0 Å². The van der Waals surface area contributed by atoms with Gasteiger partial charge in [0.05, 0.1) is 12.1 Å². The molecular formula is C13H20ClN3O. The van der Waals surface area contributed by atoms with Gasteiger partial charge in [-0.05, 0) is 19.3 Å². The van der Waals surface area contributed by atoms with Crippen molar-refractivity contribution in [1.29, 1.82) is 0 Å². The molecule has 2 rings (SSSR count). The molecule has 0 aliphatic carbocycles. The Morgan fingerprint density at radius 1 is 1.44 bits per heavy atom. The highest BCUT2D eigenvalue weighted by atomic mass is 35.5. The van der Waals surface area contributed by atoms with Crippen LogP contribution in [0, 0.1) is 0 Å². The normalized spacial score (nSPS) is 23.7. The third-order valence-electron chi connectivity index (χ3n) is 3.56. The summed E-state index contributed by atoms with van der Waals surface area (Å²) in [4.78, 5) is 10.7. The molecule has 4 nitrogen and oxygen atoms in total. The lowest BCUT2D eigenvalue weighted by atomic mass is 10.0. The second kappa shape index (κ2) is 5.41. The van der Waals surface area contributed by atoms with E-state index in [1.54, 1.807) is 0 Å². The van der Waals surface area contributed by atoms with Crippen LogP contribution in [-0.2, 0) is 4.74 Å². The van der Waals surface area contributed by atoms with Crippen LogP contribution in [0.3, 0.4) is 0 Å². The Hall–Kier alpha value is -0.870. The molecule has 1 aromatic rings. The minimum atomic E-state index is 0.226. The number of halogens is 1. The van der Waals surface area contributed by atoms with Gasteiger partial charge in [0.15, 0.2) is 0 Å². The largest absolute Gasteiger partial charge is 0.376 e. The van der Waals surface area contributed by atoms with Gasteiger partial charge in [-0.2, -0.15) is 0 Å². The molecule has 1 aliphatic heterocycles. The molecule has 0 amide bonds. The van der Waals surface area contributed by atoms with Crippen LogP contribution in [0.4, 0.5) is 5.82 Å². The molecule has 1 saturated heterocycles. The SMILES string of the molecule is CC(C)c1c(Cl)ncnc1N(C)C1CCOC1C. The molecule has 1 fully saturated rings. The van der Waals surface area contributed by atoms with Crippen molar-refractivity contribution in [3.63, 3.8) is 0 Å². The highest BCUT2D eigenvalue weighted by molar-refractivity contribution is 6.30. The van der Waals surface area contributed by atoms with Gasteiger partial charge in [-0.3, -0.25) is 0 Å². The van der Waals surface area contributed by atoms with Crippen LogP contribution in [0.15, 0.2) is 6.33 Å². The van der Waals surface area contributed by atoms with Crippen molar-refractivity contribution >= 4 is 17.4 Å². The number of hydrogen-bond acceptors (Lipinski definition) is 4. The van der Waals surface area contributed by atoms with Crippen LogP contribution in [0.2, 0.25) is 5.15 Å². The van der Waals surface area contributed by atoms with Gasteiger partial charge in [-0.1, -0.05) is 25.4 Å². The Balaban J connectivity index is 2.35. The molecule has 0 saturated carbocycles. The quantitative estimate of drug-likeness (QED) is 0.791. The van der Waals surface area contributed by atoms with Crippen LogP contribution < -0.4 is 4.90 Å². The van der Waals surface area contributed by atoms with Crippen LogP contribution in [0.1, 0.15) is 38.7 Å². The van der Waals surface area contributed by atoms with E-state index in [1.807, 2.05) is 0 Å². The molecule has 0 aromatic carbocycles. The first-order chi connectivity index (χ1) is 8.52. The van der Waals surface area contributed by atoms with Gasteiger partial charge in [0.1, 0.15) is 17.3 Å². The number of anilines is 1. The van der Waals surface area contributed by atoms with Crippen molar-refractivity contribution in [3.05, 3.63) is 17.0 Å². The Kier molecular flexibility index (Phi) is 4.07. The predicted octanol–water partition coefficient (Wildman–Crippen LogP) is 2.87. The van der Waals surface area contributed by atoms with Gasteiger partial charge in [-0.15, -0.1) is 0 Å². The maximum Gasteiger partial charge on any atom is 0.138 e. The number of ether oxygens (including phenoxy) is 1. The van der Waals surface area contributed by atoms with Crippen molar-refractivity contribution < 1.29 is 4.74 Å². The molecular weight excluding hydrogens is 250 g/mol. The van der Waals surface area contributed by atoms with Gasteiger partial charge in [0.25, 0.3) is 0 Å². The number of hydrogen-bond donors (Lipinski definition) is 0. The van der Waals surface area contributed by atoms with E-state index in [0.717, 1.165) is 24.4 Å². The van der Waals surface area contributed by atoms with Gasteiger partial charge < -0.3 is 9.64 Å². The van der Waals surface area contributed by atoms with E-state index < -0.39 is 0 Å². The molecule has 0 bridgehead atoms. The maximum atomic E-state index is 6.20. The third-order valence-corrected chi connectivity index (χ3v) is 3.86. The number of likely N-dealkylation sites (N-methyl/N-ethyl adjacent to an activating group) is 1. The molecule has 18 heavy (non-hydrogen) atoms. The average molecular weight is 270 g/mol. The third kappa shape index (κ3) is 2.45. The van der Waals surface area contributed by atoms with E-state index in [2.05, 4.69) is 42.7 Å². The lowest BCUT2D eigenvalue weighted by Crippen LogP contribution is -2.38. The minimum Gasteiger partial charge on any atom is -0.376 e. The topological polar surface area (TPSA) is 38.2 Å². The highest BCUT2D eigenvalue weighted by Crippen LogP contribution is 2.32. The summed E-state index contributed by atoms with van der Waals surface area (Å²) in [6, 6.07) is 0.355. The van der Waals surface area contributed by atoms with Crippen LogP contribution in [0.25, 0.3) is 0 Å². The zero-order valence-electron chi connectivity index (χ0n) is 11.4. The van der Waals surface area contributed by atoms with Gasteiger partial charge in [-0.25, -0.2) is 9.97 Å². The van der Waals surface area contributed by atoms with Crippen molar-refractivity contribution in [2.75, 3.05) is 18.6 Å². The molecule has 5 heteroatoms. The summed E-state index contributed by atoms with van der Waals surface area (Å²) in [5.41, 5.74) is 1.01. The van der Waals surface area contributed by atoms with Crippen LogP contribution in [0.5, 0.6) is 0 Å². The second-order valence-corrected chi connectivity index (χ2v) is 5.46. The first-order valence-electron chi connectivity index (χ1n) is 6.37. The number of rotatable bonds is 3. The van der Waals surface area contributed by atoms with E-state index in [1.165, 1.54) is 6.33 Å². The summed E-state index contributed by atoms with van der Waals surface area (Å²) in [7, 11) is 2.06. The minimum absolute atomic E-state index is 0.226. The summed E-state index contributed by atoms with van der Waals surface area (Å²) in [6.07, 6.45) is 2.78. The van der Waals surface area contributed by atoms with E-state index >= 15 is 0 Å². The Bertz CT molecular complexity index is 425. The van der Waals surface area contributed by atoms with Crippen molar-refractivity contribution in [2.45, 2.75) is 45.3 Å². The fourth-order valence-electron chi connectivity index (χ4n) is 2.53. The molecule has 2 unspecified atom stereocenters. The molecule has 2 atom stereocenters. The molecule has 0 N–H and O–H groups in total. The number of nitrogens with zero attached hydrogens (tertiary/aromatic N) is 3. The first-order valence-corrected chi connectivity index (χ1v) is 6.75. The van der Waals surface area contributed by atoms with Crippen molar-refractivity contribution in [1.82, 2.24) is 9.97 Å². The first kappa shape index (κ1) is 13.6. The van der Waals surface area contributed by atoms with E-state index in [4.69, 9.17) is 16.3 Å². The molecule has 0 spiro atoms. The van der Waals surface area contributed by atoms with E-state index in [-0.39, 0.29) is 6.10 Å². The lowest BCUT2D eigenvalue weighted by molar-refractivity contribution is 0.118.